The number of anilines is 2. The van der Waals surface area contributed by atoms with Crippen LogP contribution in [-0.2, 0) is 17.6 Å². The molecule has 0 saturated heterocycles. The molecule has 0 amide bonds. The largest absolute Gasteiger partial charge is 0.491 e. The zero-order valence-electron chi connectivity index (χ0n) is 23.3. The van der Waals surface area contributed by atoms with Gasteiger partial charge in [0.25, 0.3) is 0 Å². The number of nitrogens with one attached hydrogen (secondary N) is 2. The van der Waals surface area contributed by atoms with E-state index in [0.717, 1.165) is 68.1 Å². The predicted octanol–water partition coefficient (Wildman–Crippen LogP) is 3.60. The number of methoxy groups -OCH3 is 1. The van der Waals surface area contributed by atoms with Gasteiger partial charge in [-0.25, -0.2) is 14.8 Å². The van der Waals surface area contributed by atoms with Crippen LogP contribution in [0.5, 0.6) is 11.8 Å². The average Bonchev–Trinajstić information content (AvgIpc) is 2.97. The van der Waals surface area contributed by atoms with Gasteiger partial charge in [-0.05, 0) is 81.8 Å². The number of aliphatic carboxylic acids is 1. The van der Waals surface area contributed by atoms with Gasteiger partial charge >= 0.3 is 12.0 Å². The summed E-state index contributed by atoms with van der Waals surface area (Å²) in [5, 5.41) is 16.2. The Morgan fingerprint density at radius 2 is 2.02 bits per heavy atom. The van der Waals surface area contributed by atoms with Crippen molar-refractivity contribution >= 4 is 17.6 Å². The number of pyridine rings is 2. The standard InChI is InChI=1S/C29H39N7O4/c1-21-8-11-24(20-32-21)40-19-18-36(16-4-3-7-23-10-9-22-6-5-14-30-27(22)33-23)17-13-25(28(37)38)34-26-12-15-31-29(35-26)39-2/h8-12,15,20,25H,3-7,13-14,16-19H2,1-2H3,(H,30,33)(H,37,38)(H,31,34,35)/t25-/m0/s1. The first kappa shape index (κ1) is 29.0. The number of carboxylic acid groups (broad SMARTS) is 1. The predicted molar refractivity (Wildman–Crippen MR) is 153 cm³/mol. The first-order chi connectivity index (χ1) is 19.5. The second-order valence-electron chi connectivity index (χ2n) is 9.88. The number of aromatic nitrogens is 4. The zero-order valence-corrected chi connectivity index (χ0v) is 23.3. The van der Waals surface area contributed by atoms with Crippen molar-refractivity contribution in [3.8, 4) is 11.8 Å². The smallest absolute Gasteiger partial charge is 0.326 e. The van der Waals surface area contributed by atoms with Crippen molar-refractivity contribution < 1.29 is 19.4 Å². The molecule has 0 bridgehead atoms. The van der Waals surface area contributed by atoms with Crippen LogP contribution in [0.1, 0.15) is 42.6 Å². The van der Waals surface area contributed by atoms with Crippen LogP contribution in [0.3, 0.4) is 0 Å². The average molecular weight is 550 g/mol. The Bertz CT molecular complexity index is 1230. The summed E-state index contributed by atoms with van der Waals surface area (Å²) >= 11 is 0. The molecule has 1 aliphatic heterocycles. The molecule has 1 aliphatic rings. The van der Waals surface area contributed by atoms with Gasteiger partial charge in [-0.3, -0.25) is 9.88 Å². The van der Waals surface area contributed by atoms with E-state index in [0.29, 0.717) is 31.9 Å². The fraction of sp³-hybridized carbons (Fsp3) is 0.483. The molecule has 11 nitrogen and oxygen atoms in total. The second kappa shape index (κ2) is 15.0. The summed E-state index contributed by atoms with van der Waals surface area (Å²) in [6.45, 7) is 5.48. The Morgan fingerprint density at radius 1 is 1.12 bits per heavy atom. The van der Waals surface area contributed by atoms with Crippen LogP contribution in [0.25, 0.3) is 0 Å². The number of aryl methyl sites for hydroxylation is 3. The number of carboxylic acids is 1. The molecule has 1 atom stereocenters. The minimum atomic E-state index is -0.938. The third kappa shape index (κ3) is 9.04. The molecule has 3 N–H and O–H groups in total. The monoisotopic (exact) mass is 549 g/mol. The molecule has 4 heterocycles. The third-order valence-electron chi connectivity index (χ3n) is 6.84. The van der Waals surface area contributed by atoms with Crippen LogP contribution in [0.4, 0.5) is 11.6 Å². The fourth-order valence-corrected chi connectivity index (χ4v) is 4.58. The van der Waals surface area contributed by atoms with Crippen molar-refractivity contribution in [1.29, 1.82) is 0 Å². The lowest BCUT2D eigenvalue weighted by Gasteiger charge is -2.24. The Labute approximate surface area is 235 Å². The van der Waals surface area contributed by atoms with E-state index in [9.17, 15) is 9.90 Å². The van der Waals surface area contributed by atoms with Gasteiger partial charge in [-0.15, -0.1) is 0 Å². The molecule has 3 aromatic rings. The summed E-state index contributed by atoms with van der Waals surface area (Å²) in [4.78, 5) is 31.5. The van der Waals surface area contributed by atoms with E-state index in [1.54, 1.807) is 12.3 Å². The molecule has 0 saturated carbocycles. The quantitative estimate of drug-likeness (QED) is 0.226. The molecule has 0 aromatic carbocycles. The third-order valence-corrected chi connectivity index (χ3v) is 6.84. The Balaban J connectivity index is 1.31. The van der Waals surface area contributed by atoms with E-state index in [4.69, 9.17) is 14.5 Å². The van der Waals surface area contributed by atoms with Crippen LogP contribution in [-0.4, -0.2) is 81.8 Å². The molecule has 11 heteroatoms. The first-order valence-electron chi connectivity index (χ1n) is 13.9. The number of unbranched alkanes of at least 4 members (excludes halogenated alkanes) is 1. The minimum Gasteiger partial charge on any atom is -0.491 e. The van der Waals surface area contributed by atoms with Gasteiger partial charge in [-0.1, -0.05) is 6.07 Å². The summed E-state index contributed by atoms with van der Waals surface area (Å²) in [5.74, 6) is 1.22. The lowest BCUT2D eigenvalue weighted by atomic mass is 10.1. The van der Waals surface area contributed by atoms with Crippen molar-refractivity contribution in [3.05, 3.63) is 59.7 Å². The van der Waals surface area contributed by atoms with Crippen LogP contribution in [0, 0.1) is 6.92 Å². The lowest BCUT2D eigenvalue weighted by Crippen LogP contribution is -2.37. The highest BCUT2D eigenvalue weighted by Gasteiger charge is 2.20. The van der Waals surface area contributed by atoms with E-state index in [1.807, 2.05) is 19.1 Å². The fourth-order valence-electron chi connectivity index (χ4n) is 4.58. The number of nitrogens with zero attached hydrogens (tertiary/aromatic N) is 5. The van der Waals surface area contributed by atoms with Crippen LogP contribution in [0.15, 0.2) is 42.7 Å². The van der Waals surface area contributed by atoms with Crippen LogP contribution in [0.2, 0.25) is 0 Å². The molecule has 40 heavy (non-hydrogen) atoms. The Kier molecular flexibility index (Phi) is 10.9. The number of carbonyl (C=O) groups is 1. The molecule has 4 rings (SSSR count). The number of fused-ring (bicyclic) bond motifs is 1. The van der Waals surface area contributed by atoms with E-state index in [1.165, 1.54) is 18.9 Å². The number of hydrogen-bond acceptors (Lipinski definition) is 10. The van der Waals surface area contributed by atoms with E-state index < -0.39 is 12.0 Å². The number of rotatable bonds is 16. The van der Waals surface area contributed by atoms with Crippen molar-refractivity contribution in [2.24, 2.45) is 0 Å². The molecule has 3 aromatic heterocycles. The molecule has 0 aliphatic carbocycles. The topological polar surface area (TPSA) is 135 Å². The minimum absolute atomic E-state index is 0.183. The van der Waals surface area contributed by atoms with Gasteiger partial charge in [0.1, 0.15) is 30.0 Å². The molecular weight excluding hydrogens is 510 g/mol. The molecule has 0 fully saturated rings. The van der Waals surface area contributed by atoms with Gasteiger partial charge in [0, 0.05) is 37.2 Å². The van der Waals surface area contributed by atoms with Gasteiger partial charge < -0.3 is 25.2 Å². The van der Waals surface area contributed by atoms with E-state index in [-0.39, 0.29) is 6.01 Å². The normalized spacial score (nSPS) is 13.3. The summed E-state index contributed by atoms with van der Waals surface area (Å²) < 4.78 is 11.0. The molecule has 0 spiro atoms. The first-order valence-corrected chi connectivity index (χ1v) is 13.9. The maximum atomic E-state index is 12.0. The van der Waals surface area contributed by atoms with Crippen molar-refractivity contribution in [1.82, 2.24) is 24.8 Å². The second-order valence-corrected chi connectivity index (χ2v) is 9.88. The van der Waals surface area contributed by atoms with Crippen LogP contribution < -0.4 is 20.1 Å². The van der Waals surface area contributed by atoms with Crippen molar-refractivity contribution in [3.63, 3.8) is 0 Å². The highest BCUT2D eigenvalue weighted by atomic mass is 16.5. The van der Waals surface area contributed by atoms with Crippen molar-refractivity contribution in [2.75, 3.05) is 50.5 Å². The van der Waals surface area contributed by atoms with E-state index >= 15 is 0 Å². The molecule has 0 radical (unpaired) electrons. The summed E-state index contributed by atoms with van der Waals surface area (Å²) in [6, 6.07) is 9.16. The molecule has 0 unspecified atom stereocenters. The number of hydrogen-bond donors (Lipinski definition) is 3. The van der Waals surface area contributed by atoms with Gasteiger partial charge in [0.2, 0.25) is 0 Å². The van der Waals surface area contributed by atoms with E-state index in [2.05, 4.69) is 42.6 Å². The summed E-state index contributed by atoms with van der Waals surface area (Å²) in [5.41, 5.74) is 3.34. The number of ether oxygens (including phenoxy) is 2. The van der Waals surface area contributed by atoms with Gasteiger partial charge in [0.15, 0.2) is 0 Å². The highest BCUT2D eigenvalue weighted by Crippen LogP contribution is 2.20. The van der Waals surface area contributed by atoms with Crippen molar-refractivity contribution in [2.45, 2.75) is 51.5 Å². The Hall–Kier alpha value is -3.99. The zero-order chi connectivity index (χ0) is 28.2. The molecular formula is C29H39N7O4. The SMILES string of the molecule is COc1nccc(N[C@@H](CCN(CCCCc2ccc3c(n2)NCCC3)CCOc2ccc(C)nc2)C(=O)O)n1. The summed E-state index contributed by atoms with van der Waals surface area (Å²) in [7, 11) is 1.47. The van der Waals surface area contributed by atoms with Crippen LogP contribution >= 0.6 is 0 Å². The van der Waals surface area contributed by atoms with Gasteiger partial charge in [0.05, 0.1) is 13.3 Å². The maximum absolute atomic E-state index is 12.0. The van der Waals surface area contributed by atoms with Gasteiger partial charge in [-0.2, -0.15) is 4.98 Å². The molecule has 214 valence electrons. The maximum Gasteiger partial charge on any atom is 0.326 e. The Morgan fingerprint density at radius 3 is 2.83 bits per heavy atom. The lowest BCUT2D eigenvalue weighted by molar-refractivity contribution is -0.138. The highest BCUT2D eigenvalue weighted by molar-refractivity contribution is 5.76. The summed E-state index contributed by atoms with van der Waals surface area (Å²) in [6.07, 6.45) is 8.75.